The fourth-order valence-electron chi connectivity index (χ4n) is 2.84. The summed E-state index contributed by atoms with van der Waals surface area (Å²) in [5.41, 5.74) is 2.99. The quantitative estimate of drug-likeness (QED) is 0.493. The first-order valence-corrected chi connectivity index (χ1v) is 10.5. The van der Waals surface area contributed by atoms with Gasteiger partial charge >= 0.3 is 0 Å². The van der Waals surface area contributed by atoms with E-state index in [0.717, 1.165) is 11.2 Å². The predicted molar refractivity (Wildman–Crippen MR) is 112 cm³/mol. The second-order valence-electron chi connectivity index (χ2n) is 6.63. The van der Waals surface area contributed by atoms with Crippen LogP contribution in [0.2, 0.25) is 0 Å². The number of aryl methyl sites for hydroxylation is 1. The largest absolute Gasteiger partial charge is 0.326 e. The lowest BCUT2D eigenvalue weighted by molar-refractivity contribution is -0.115. The molecule has 152 valence electrons. The minimum atomic E-state index is -3.83. The molecule has 3 heterocycles. The van der Waals surface area contributed by atoms with Crippen LogP contribution in [0.15, 0.2) is 72.1 Å². The Hall–Kier alpha value is -3.79. The summed E-state index contributed by atoms with van der Waals surface area (Å²) in [7, 11) is -3.83. The number of hydrogen-bond donors (Lipinski definition) is 2. The lowest BCUT2D eigenvalue weighted by atomic mass is 10.3. The number of hydrogen-bond acceptors (Lipinski definition) is 6. The average molecular weight is 422 g/mol. The van der Waals surface area contributed by atoms with Gasteiger partial charge in [-0.2, -0.15) is 0 Å². The smallest absolute Gasteiger partial charge is 0.264 e. The minimum absolute atomic E-state index is 0.0162. The Morgan fingerprint density at radius 1 is 1.10 bits per heavy atom. The van der Waals surface area contributed by atoms with Crippen molar-refractivity contribution in [1.82, 2.24) is 19.4 Å². The van der Waals surface area contributed by atoms with Crippen LogP contribution >= 0.6 is 0 Å². The molecule has 0 bridgehead atoms. The monoisotopic (exact) mass is 422 g/mol. The topological polar surface area (TPSA) is 118 Å². The molecule has 0 atom stereocenters. The third-order valence-electron chi connectivity index (χ3n) is 4.25. The van der Waals surface area contributed by atoms with Crippen LogP contribution in [-0.2, 0) is 21.2 Å². The number of carbonyl (C=O) groups is 1. The van der Waals surface area contributed by atoms with Crippen LogP contribution in [0.4, 0.5) is 11.6 Å². The number of sulfonamides is 1. The van der Waals surface area contributed by atoms with E-state index in [2.05, 4.69) is 25.0 Å². The molecule has 0 radical (unpaired) electrons. The average Bonchev–Trinajstić information content (AvgIpc) is 3.10. The summed E-state index contributed by atoms with van der Waals surface area (Å²) in [6, 6.07) is 11.3. The van der Waals surface area contributed by atoms with Crippen LogP contribution in [0.3, 0.4) is 0 Å². The van der Waals surface area contributed by atoms with Crippen molar-refractivity contribution in [2.75, 3.05) is 10.0 Å². The van der Waals surface area contributed by atoms with Gasteiger partial charge < -0.3 is 9.72 Å². The summed E-state index contributed by atoms with van der Waals surface area (Å²) in [5, 5.41) is 2.75. The van der Waals surface area contributed by atoms with E-state index in [-0.39, 0.29) is 23.2 Å². The zero-order chi connectivity index (χ0) is 21.1. The van der Waals surface area contributed by atoms with Gasteiger partial charge in [-0.15, -0.1) is 0 Å². The van der Waals surface area contributed by atoms with Crippen LogP contribution in [-0.4, -0.2) is 33.7 Å². The number of aromatic nitrogens is 4. The Balaban J connectivity index is 1.41. The van der Waals surface area contributed by atoms with Crippen molar-refractivity contribution in [2.24, 2.45) is 0 Å². The molecule has 0 aliphatic rings. The first kappa shape index (κ1) is 19.5. The highest BCUT2D eigenvalue weighted by atomic mass is 32.2. The third-order valence-corrected chi connectivity index (χ3v) is 5.59. The van der Waals surface area contributed by atoms with Crippen molar-refractivity contribution in [1.29, 1.82) is 0 Å². The molecule has 1 amide bonds. The van der Waals surface area contributed by atoms with Crippen LogP contribution in [0.5, 0.6) is 0 Å². The molecule has 10 heteroatoms. The SMILES string of the molecule is Cc1ccn2cc(CC(=O)Nc3ccc(S(=O)(=O)Nc4ncccn4)cc3)nc2c1. The molecule has 3 aromatic heterocycles. The molecule has 0 unspecified atom stereocenters. The molecule has 0 spiro atoms. The van der Waals surface area contributed by atoms with Gasteiger partial charge in [0.15, 0.2) is 0 Å². The molecule has 2 N–H and O–H groups in total. The maximum Gasteiger partial charge on any atom is 0.264 e. The molecule has 0 saturated heterocycles. The molecular formula is C20H18N6O3S. The number of nitrogens with zero attached hydrogens (tertiary/aromatic N) is 4. The molecule has 4 rings (SSSR count). The molecule has 30 heavy (non-hydrogen) atoms. The van der Waals surface area contributed by atoms with E-state index in [9.17, 15) is 13.2 Å². The molecule has 4 aromatic rings. The van der Waals surface area contributed by atoms with Crippen molar-refractivity contribution in [3.8, 4) is 0 Å². The standard InChI is InChI=1S/C20H18N6O3S/c1-14-7-10-26-13-16(23-18(26)11-14)12-19(27)24-15-3-5-17(6-4-15)30(28,29)25-20-21-8-2-9-22-20/h2-11,13H,12H2,1H3,(H,24,27)(H,21,22,25). The van der Waals surface area contributed by atoms with Crippen molar-refractivity contribution in [3.63, 3.8) is 0 Å². The van der Waals surface area contributed by atoms with Crippen molar-refractivity contribution >= 4 is 33.2 Å². The van der Waals surface area contributed by atoms with Gasteiger partial charge in [0.25, 0.3) is 10.0 Å². The van der Waals surface area contributed by atoms with Gasteiger partial charge in [-0.3, -0.25) is 4.79 Å². The van der Waals surface area contributed by atoms with E-state index in [1.165, 1.54) is 36.7 Å². The summed E-state index contributed by atoms with van der Waals surface area (Å²) >= 11 is 0. The van der Waals surface area contributed by atoms with Crippen molar-refractivity contribution in [3.05, 3.63) is 78.5 Å². The van der Waals surface area contributed by atoms with E-state index in [1.807, 2.05) is 29.7 Å². The van der Waals surface area contributed by atoms with Gasteiger partial charge in [0.1, 0.15) is 5.65 Å². The van der Waals surface area contributed by atoms with E-state index >= 15 is 0 Å². The molecule has 1 aromatic carbocycles. The Labute approximate surface area is 172 Å². The number of rotatable bonds is 6. The van der Waals surface area contributed by atoms with E-state index in [4.69, 9.17) is 0 Å². The lowest BCUT2D eigenvalue weighted by Gasteiger charge is -2.08. The summed E-state index contributed by atoms with van der Waals surface area (Å²) in [6.45, 7) is 1.98. The number of imidazole rings is 1. The second kappa shape index (κ2) is 7.91. The van der Waals surface area contributed by atoms with Crippen LogP contribution in [0.25, 0.3) is 5.65 Å². The minimum Gasteiger partial charge on any atom is -0.326 e. The van der Waals surface area contributed by atoms with Gasteiger partial charge in [0, 0.05) is 30.5 Å². The molecule has 0 saturated carbocycles. The van der Waals surface area contributed by atoms with E-state index in [1.54, 1.807) is 12.3 Å². The Morgan fingerprint density at radius 2 is 1.83 bits per heavy atom. The Kier molecular flexibility index (Phi) is 5.15. The molecular weight excluding hydrogens is 404 g/mol. The first-order valence-electron chi connectivity index (χ1n) is 9.03. The number of nitrogens with one attached hydrogen (secondary N) is 2. The van der Waals surface area contributed by atoms with Crippen LogP contribution < -0.4 is 10.0 Å². The van der Waals surface area contributed by atoms with Crippen molar-refractivity contribution < 1.29 is 13.2 Å². The zero-order valence-corrected chi connectivity index (χ0v) is 16.8. The zero-order valence-electron chi connectivity index (χ0n) is 16.0. The number of pyridine rings is 1. The van der Waals surface area contributed by atoms with Gasteiger partial charge in [-0.1, -0.05) is 0 Å². The first-order chi connectivity index (χ1) is 14.4. The van der Waals surface area contributed by atoms with Crippen molar-refractivity contribution in [2.45, 2.75) is 18.2 Å². The highest BCUT2D eigenvalue weighted by molar-refractivity contribution is 7.92. The fourth-order valence-corrected chi connectivity index (χ4v) is 3.80. The summed E-state index contributed by atoms with van der Waals surface area (Å²) in [6.07, 6.45) is 6.68. The summed E-state index contributed by atoms with van der Waals surface area (Å²) in [4.78, 5) is 24.5. The van der Waals surface area contributed by atoms with Crippen LogP contribution in [0, 0.1) is 6.92 Å². The van der Waals surface area contributed by atoms with Gasteiger partial charge in [0.05, 0.1) is 17.0 Å². The molecule has 0 fully saturated rings. The van der Waals surface area contributed by atoms with Gasteiger partial charge in [-0.05, 0) is 55.0 Å². The third kappa shape index (κ3) is 4.44. The number of benzene rings is 1. The maximum atomic E-state index is 12.4. The summed E-state index contributed by atoms with van der Waals surface area (Å²) in [5.74, 6) is -0.265. The highest BCUT2D eigenvalue weighted by Gasteiger charge is 2.16. The number of anilines is 2. The fraction of sp³-hybridized carbons (Fsp3) is 0.100. The maximum absolute atomic E-state index is 12.4. The molecule has 9 nitrogen and oxygen atoms in total. The molecule has 0 aliphatic carbocycles. The molecule has 0 aliphatic heterocycles. The van der Waals surface area contributed by atoms with Gasteiger partial charge in [-0.25, -0.2) is 28.1 Å². The van der Waals surface area contributed by atoms with Gasteiger partial charge in [0.2, 0.25) is 11.9 Å². The Morgan fingerprint density at radius 3 is 2.57 bits per heavy atom. The Bertz CT molecular complexity index is 1300. The number of carbonyl (C=O) groups excluding carboxylic acids is 1. The van der Waals surface area contributed by atoms with Crippen LogP contribution in [0.1, 0.15) is 11.3 Å². The lowest BCUT2D eigenvalue weighted by Crippen LogP contribution is -2.16. The number of fused-ring (bicyclic) bond motifs is 1. The normalized spacial score (nSPS) is 11.4. The second-order valence-corrected chi connectivity index (χ2v) is 8.31. The van der Waals surface area contributed by atoms with E-state index < -0.39 is 10.0 Å². The van der Waals surface area contributed by atoms with E-state index in [0.29, 0.717) is 11.4 Å². The number of amides is 1. The predicted octanol–water partition coefficient (Wildman–Crippen LogP) is 2.41. The summed E-state index contributed by atoms with van der Waals surface area (Å²) < 4.78 is 28.9. The highest BCUT2D eigenvalue weighted by Crippen LogP contribution is 2.17.